The van der Waals surface area contributed by atoms with Gasteiger partial charge in [0, 0.05) is 19.6 Å². The lowest BCUT2D eigenvalue weighted by Crippen LogP contribution is -2.38. The molecule has 0 amide bonds. The Balaban J connectivity index is 0.00000289. The maximum atomic E-state index is 4.49. The highest BCUT2D eigenvalue weighted by atomic mass is 127. The Kier molecular flexibility index (Phi) is 11.6. The fraction of sp³-hybridized carbons (Fsp3) is 0.786. The van der Waals surface area contributed by atoms with Crippen molar-refractivity contribution < 1.29 is 0 Å². The number of aliphatic imine (C=N–C) groups is 1. The summed E-state index contributed by atoms with van der Waals surface area (Å²) in [6.07, 6.45) is 10.00. The van der Waals surface area contributed by atoms with Crippen molar-refractivity contribution >= 4 is 29.9 Å². The number of allylic oxidation sites excluding steroid dienone is 1. The molecule has 0 aromatic heterocycles. The smallest absolute Gasteiger partial charge is 0.191 e. The van der Waals surface area contributed by atoms with Gasteiger partial charge in [-0.05, 0) is 45.4 Å². The number of guanidine groups is 1. The molecule has 3 nitrogen and oxygen atoms in total. The molecule has 0 fully saturated rings. The topological polar surface area (TPSA) is 36.4 Å². The van der Waals surface area contributed by atoms with E-state index in [1.165, 1.54) is 25.7 Å². The molecule has 0 aliphatic heterocycles. The molecule has 0 radical (unpaired) electrons. The first kappa shape index (κ1) is 17.7. The van der Waals surface area contributed by atoms with E-state index in [1.54, 1.807) is 5.57 Å². The zero-order valence-electron chi connectivity index (χ0n) is 11.8. The summed E-state index contributed by atoms with van der Waals surface area (Å²) in [5, 5.41) is 6.68. The van der Waals surface area contributed by atoms with Crippen molar-refractivity contribution in [2.75, 3.05) is 19.6 Å². The fourth-order valence-electron chi connectivity index (χ4n) is 2.04. The molecule has 0 heterocycles. The van der Waals surface area contributed by atoms with Crippen molar-refractivity contribution in [1.82, 2.24) is 10.6 Å². The van der Waals surface area contributed by atoms with Crippen molar-refractivity contribution in [1.29, 1.82) is 0 Å². The van der Waals surface area contributed by atoms with Crippen LogP contribution in [-0.2, 0) is 0 Å². The van der Waals surface area contributed by atoms with Gasteiger partial charge >= 0.3 is 0 Å². The quantitative estimate of drug-likeness (QED) is 0.327. The van der Waals surface area contributed by atoms with E-state index in [0.717, 1.165) is 38.4 Å². The van der Waals surface area contributed by atoms with Gasteiger partial charge in [0.2, 0.25) is 0 Å². The molecule has 0 saturated carbocycles. The number of hydrogen-bond donors (Lipinski definition) is 2. The predicted octanol–water partition coefficient (Wildman–Crippen LogP) is 3.46. The van der Waals surface area contributed by atoms with Gasteiger partial charge < -0.3 is 10.6 Å². The Morgan fingerprint density at radius 2 is 2.11 bits per heavy atom. The van der Waals surface area contributed by atoms with Crippen LogP contribution in [0.4, 0.5) is 0 Å². The van der Waals surface area contributed by atoms with Gasteiger partial charge in [0.1, 0.15) is 0 Å². The van der Waals surface area contributed by atoms with E-state index in [1.807, 2.05) is 0 Å². The van der Waals surface area contributed by atoms with Crippen molar-refractivity contribution in [3.8, 4) is 0 Å². The van der Waals surface area contributed by atoms with Gasteiger partial charge in [0.25, 0.3) is 0 Å². The molecular weight excluding hydrogens is 337 g/mol. The Morgan fingerprint density at radius 1 is 1.28 bits per heavy atom. The number of hydrogen-bond acceptors (Lipinski definition) is 1. The lowest BCUT2D eigenvalue weighted by Gasteiger charge is -2.15. The van der Waals surface area contributed by atoms with Crippen LogP contribution in [0.1, 0.15) is 52.4 Å². The summed E-state index contributed by atoms with van der Waals surface area (Å²) >= 11 is 0. The third kappa shape index (κ3) is 7.95. The summed E-state index contributed by atoms with van der Waals surface area (Å²) in [4.78, 5) is 4.49. The molecule has 0 spiro atoms. The summed E-state index contributed by atoms with van der Waals surface area (Å²) in [7, 11) is 0. The molecule has 106 valence electrons. The van der Waals surface area contributed by atoms with Crippen molar-refractivity contribution in [3.05, 3.63) is 11.6 Å². The van der Waals surface area contributed by atoms with Crippen LogP contribution in [0.2, 0.25) is 0 Å². The highest BCUT2D eigenvalue weighted by Crippen LogP contribution is 2.19. The lowest BCUT2D eigenvalue weighted by atomic mass is 9.97. The van der Waals surface area contributed by atoms with Crippen LogP contribution in [-0.4, -0.2) is 25.6 Å². The van der Waals surface area contributed by atoms with Gasteiger partial charge in [-0.2, -0.15) is 0 Å². The molecule has 0 bridgehead atoms. The first-order valence-electron chi connectivity index (χ1n) is 7.07. The average molecular weight is 365 g/mol. The van der Waals surface area contributed by atoms with Crippen molar-refractivity contribution in [3.63, 3.8) is 0 Å². The van der Waals surface area contributed by atoms with E-state index in [2.05, 4.69) is 35.5 Å². The predicted molar refractivity (Wildman–Crippen MR) is 90.9 cm³/mol. The third-order valence-electron chi connectivity index (χ3n) is 2.96. The second kappa shape index (κ2) is 11.8. The average Bonchev–Trinajstić information content (AvgIpc) is 2.37. The minimum absolute atomic E-state index is 0. The number of nitrogens with zero attached hydrogens (tertiary/aromatic N) is 1. The maximum absolute atomic E-state index is 4.49. The summed E-state index contributed by atoms with van der Waals surface area (Å²) in [5.41, 5.74) is 1.62. The maximum Gasteiger partial charge on any atom is 0.191 e. The molecule has 18 heavy (non-hydrogen) atoms. The Bertz CT molecular complexity index is 262. The third-order valence-corrected chi connectivity index (χ3v) is 2.96. The van der Waals surface area contributed by atoms with Gasteiger partial charge in [-0.25, -0.2) is 0 Å². The van der Waals surface area contributed by atoms with E-state index in [-0.39, 0.29) is 24.0 Å². The molecule has 1 rings (SSSR count). The van der Waals surface area contributed by atoms with Crippen LogP contribution in [0, 0.1) is 0 Å². The normalized spacial score (nSPS) is 15.7. The molecule has 1 aliphatic carbocycles. The first-order chi connectivity index (χ1) is 8.36. The van der Waals surface area contributed by atoms with Crippen molar-refractivity contribution in [2.24, 2.45) is 4.99 Å². The lowest BCUT2D eigenvalue weighted by molar-refractivity contribution is 0.665. The fourth-order valence-corrected chi connectivity index (χ4v) is 2.04. The standard InChI is InChI=1S/C14H27N3.HI/c1-3-11-16-14(15-4-2)17-12-10-13-8-6-5-7-9-13;/h8H,3-7,9-12H2,1-2H3,(H2,15,16,17);1H. The van der Waals surface area contributed by atoms with E-state index in [9.17, 15) is 0 Å². The summed E-state index contributed by atoms with van der Waals surface area (Å²) in [6.45, 7) is 7.09. The van der Waals surface area contributed by atoms with E-state index >= 15 is 0 Å². The zero-order valence-corrected chi connectivity index (χ0v) is 14.1. The van der Waals surface area contributed by atoms with Gasteiger partial charge in [-0.3, -0.25) is 4.99 Å². The Labute approximate surface area is 129 Å². The Morgan fingerprint density at radius 3 is 2.72 bits per heavy atom. The molecule has 4 heteroatoms. The van der Waals surface area contributed by atoms with Crippen LogP contribution in [0.5, 0.6) is 0 Å². The minimum Gasteiger partial charge on any atom is -0.357 e. The van der Waals surface area contributed by atoms with Crippen molar-refractivity contribution in [2.45, 2.75) is 52.4 Å². The second-order valence-corrected chi connectivity index (χ2v) is 4.55. The molecule has 0 unspecified atom stereocenters. The molecule has 2 N–H and O–H groups in total. The number of rotatable bonds is 6. The highest BCUT2D eigenvalue weighted by molar-refractivity contribution is 14.0. The summed E-state index contributed by atoms with van der Waals surface area (Å²) in [5.74, 6) is 0.964. The van der Waals surface area contributed by atoms with Gasteiger partial charge in [0.15, 0.2) is 5.96 Å². The minimum atomic E-state index is 0. The Hall–Kier alpha value is -0.260. The van der Waals surface area contributed by atoms with Crippen LogP contribution < -0.4 is 10.6 Å². The van der Waals surface area contributed by atoms with Gasteiger partial charge in [0.05, 0.1) is 0 Å². The van der Waals surface area contributed by atoms with Gasteiger partial charge in [-0.15, -0.1) is 24.0 Å². The molecule has 0 atom stereocenters. The number of halogens is 1. The largest absolute Gasteiger partial charge is 0.357 e. The van der Waals surface area contributed by atoms with Crippen LogP contribution in [0.15, 0.2) is 16.6 Å². The van der Waals surface area contributed by atoms with Gasteiger partial charge in [-0.1, -0.05) is 18.6 Å². The SMILES string of the molecule is CCCN=C(NCC)NCCC1=CCCCC1.I. The number of nitrogens with one attached hydrogen (secondary N) is 2. The van der Waals surface area contributed by atoms with Crippen LogP contribution in [0.3, 0.4) is 0 Å². The van der Waals surface area contributed by atoms with E-state index < -0.39 is 0 Å². The summed E-state index contributed by atoms with van der Waals surface area (Å²) in [6, 6.07) is 0. The van der Waals surface area contributed by atoms with Crippen LogP contribution in [0.25, 0.3) is 0 Å². The monoisotopic (exact) mass is 365 g/mol. The zero-order chi connectivity index (χ0) is 12.3. The van der Waals surface area contributed by atoms with E-state index in [4.69, 9.17) is 0 Å². The molecule has 1 aliphatic rings. The van der Waals surface area contributed by atoms with Crippen LogP contribution >= 0.6 is 24.0 Å². The molecule has 0 aromatic carbocycles. The first-order valence-corrected chi connectivity index (χ1v) is 7.07. The second-order valence-electron chi connectivity index (χ2n) is 4.55. The molecule has 0 saturated heterocycles. The summed E-state index contributed by atoms with van der Waals surface area (Å²) < 4.78 is 0. The molecule has 0 aromatic rings. The van der Waals surface area contributed by atoms with E-state index in [0.29, 0.717) is 0 Å². The highest BCUT2D eigenvalue weighted by Gasteiger charge is 2.03. The molecular formula is C14H28IN3.